The van der Waals surface area contributed by atoms with Gasteiger partial charge >= 0.3 is 0 Å². The average molecular weight is 373 g/mol. The van der Waals surface area contributed by atoms with Gasteiger partial charge < -0.3 is 15.4 Å². The number of para-hydroxylation sites is 2. The lowest BCUT2D eigenvalue weighted by Gasteiger charge is -2.29. The summed E-state index contributed by atoms with van der Waals surface area (Å²) < 4.78 is 19.3. The Balaban J connectivity index is 1.70. The second-order valence-corrected chi connectivity index (χ2v) is 6.72. The highest BCUT2D eigenvalue weighted by molar-refractivity contribution is 7.80. The van der Waals surface area contributed by atoms with E-state index in [2.05, 4.69) is 21.6 Å². The Morgan fingerprint density at radius 2 is 1.85 bits per heavy atom. The maximum absolute atomic E-state index is 13.8. The van der Waals surface area contributed by atoms with E-state index in [0.29, 0.717) is 17.3 Å². The molecule has 3 rings (SSSR count). The van der Waals surface area contributed by atoms with E-state index in [9.17, 15) is 4.39 Å². The highest BCUT2D eigenvalue weighted by Crippen LogP contribution is 2.31. The molecule has 26 heavy (non-hydrogen) atoms. The molecular formula is C20H24FN3OS. The average Bonchev–Trinajstić information content (AvgIpc) is 3.19. The maximum atomic E-state index is 13.8. The molecule has 1 aliphatic rings. The lowest BCUT2D eigenvalue weighted by Crippen LogP contribution is -2.38. The lowest BCUT2D eigenvalue weighted by molar-refractivity contribution is 0.240. The number of hydrogen-bond donors (Lipinski definition) is 2. The molecule has 6 heteroatoms. The maximum Gasteiger partial charge on any atom is 0.170 e. The van der Waals surface area contributed by atoms with Crippen molar-refractivity contribution in [3.05, 3.63) is 59.9 Å². The largest absolute Gasteiger partial charge is 0.496 e. The van der Waals surface area contributed by atoms with Crippen molar-refractivity contribution in [2.45, 2.75) is 18.9 Å². The quantitative estimate of drug-likeness (QED) is 0.750. The van der Waals surface area contributed by atoms with Gasteiger partial charge in [-0.15, -0.1) is 0 Å². The van der Waals surface area contributed by atoms with E-state index >= 15 is 0 Å². The Hall–Kier alpha value is -2.18. The summed E-state index contributed by atoms with van der Waals surface area (Å²) >= 11 is 5.36. The minimum absolute atomic E-state index is 0.147. The fourth-order valence-corrected chi connectivity index (χ4v) is 3.54. The molecule has 138 valence electrons. The topological polar surface area (TPSA) is 36.5 Å². The summed E-state index contributed by atoms with van der Waals surface area (Å²) in [5.41, 5.74) is 1.51. The molecular weight excluding hydrogens is 349 g/mol. The third kappa shape index (κ3) is 4.51. The van der Waals surface area contributed by atoms with E-state index < -0.39 is 0 Å². The van der Waals surface area contributed by atoms with Gasteiger partial charge in [0.25, 0.3) is 0 Å². The molecule has 0 bridgehead atoms. The number of nitrogens with one attached hydrogen (secondary N) is 2. The molecule has 1 atom stereocenters. The van der Waals surface area contributed by atoms with Gasteiger partial charge in [-0.2, -0.15) is 0 Å². The van der Waals surface area contributed by atoms with E-state index in [-0.39, 0.29) is 11.9 Å². The van der Waals surface area contributed by atoms with Crippen LogP contribution in [-0.2, 0) is 0 Å². The van der Waals surface area contributed by atoms with Crippen LogP contribution in [0, 0.1) is 5.82 Å². The number of hydrogen-bond acceptors (Lipinski definition) is 3. The smallest absolute Gasteiger partial charge is 0.170 e. The molecule has 2 N–H and O–H groups in total. The van der Waals surface area contributed by atoms with Crippen molar-refractivity contribution in [1.29, 1.82) is 0 Å². The fourth-order valence-electron chi connectivity index (χ4n) is 3.35. The van der Waals surface area contributed by atoms with Gasteiger partial charge in [-0.05, 0) is 56.3 Å². The standard InChI is InChI=1S/C20H24FN3OS/c1-25-19-11-5-2-8-15(19)18(24-12-6-7-13-24)14-22-20(26)23-17-10-4-3-9-16(17)21/h2-5,8-11,18H,6-7,12-14H2,1H3,(H2,22,23,26). The van der Waals surface area contributed by atoms with Gasteiger partial charge in [-0.3, -0.25) is 4.90 Å². The summed E-state index contributed by atoms with van der Waals surface area (Å²) in [5.74, 6) is 0.552. The van der Waals surface area contributed by atoms with Crippen molar-refractivity contribution >= 4 is 23.0 Å². The van der Waals surface area contributed by atoms with Crippen molar-refractivity contribution in [2.75, 3.05) is 32.1 Å². The van der Waals surface area contributed by atoms with Gasteiger partial charge in [0.2, 0.25) is 0 Å². The van der Waals surface area contributed by atoms with Gasteiger partial charge in [0.05, 0.1) is 18.8 Å². The third-order valence-corrected chi connectivity index (χ3v) is 4.90. The van der Waals surface area contributed by atoms with Gasteiger partial charge in [0.15, 0.2) is 5.11 Å². The highest BCUT2D eigenvalue weighted by atomic mass is 32.1. The van der Waals surface area contributed by atoms with E-state index in [0.717, 1.165) is 24.4 Å². The highest BCUT2D eigenvalue weighted by Gasteiger charge is 2.25. The van der Waals surface area contributed by atoms with Crippen LogP contribution in [0.15, 0.2) is 48.5 Å². The summed E-state index contributed by atoms with van der Waals surface area (Å²) in [6.07, 6.45) is 2.40. The van der Waals surface area contributed by atoms with Crippen LogP contribution in [0.5, 0.6) is 5.75 Å². The van der Waals surface area contributed by atoms with Gasteiger partial charge in [-0.1, -0.05) is 30.3 Å². The molecule has 1 fully saturated rings. The molecule has 2 aromatic rings. The molecule has 0 aliphatic carbocycles. The minimum atomic E-state index is -0.322. The van der Waals surface area contributed by atoms with Gasteiger partial charge in [0.1, 0.15) is 11.6 Å². The first-order valence-corrected chi connectivity index (χ1v) is 9.26. The number of ether oxygens (including phenoxy) is 1. The SMILES string of the molecule is COc1ccccc1C(CNC(=S)Nc1ccccc1F)N1CCCC1. The zero-order chi connectivity index (χ0) is 18.4. The molecule has 1 heterocycles. The van der Waals surface area contributed by atoms with Crippen LogP contribution in [0.25, 0.3) is 0 Å². The first-order valence-electron chi connectivity index (χ1n) is 8.85. The minimum Gasteiger partial charge on any atom is -0.496 e. The second kappa shape index (κ2) is 8.96. The first-order chi connectivity index (χ1) is 12.7. The summed E-state index contributed by atoms with van der Waals surface area (Å²) in [4.78, 5) is 2.44. The molecule has 0 aromatic heterocycles. The van der Waals surface area contributed by atoms with Crippen molar-refractivity contribution in [1.82, 2.24) is 10.2 Å². The van der Waals surface area contributed by atoms with Crippen LogP contribution < -0.4 is 15.4 Å². The number of benzene rings is 2. The zero-order valence-electron chi connectivity index (χ0n) is 14.9. The Bertz CT molecular complexity index is 749. The number of nitrogens with zero attached hydrogens (tertiary/aromatic N) is 1. The van der Waals surface area contributed by atoms with Crippen LogP contribution in [0.3, 0.4) is 0 Å². The Morgan fingerprint density at radius 1 is 1.15 bits per heavy atom. The van der Waals surface area contributed by atoms with E-state index in [1.165, 1.54) is 18.9 Å². The molecule has 0 spiro atoms. The fraction of sp³-hybridized carbons (Fsp3) is 0.350. The summed E-state index contributed by atoms with van der Waals surface area (Å²) in [5, 5.41) is 6.58. The van der Waals surface area contributed by atoms with Crippen molar-refractivity contribution < 1.29 is 9.13 Å². The summed E-state index contributed by atoms with van der Waals surface area (Å²) in [7, 11) is 1.69. The zero-order valence-corrected chi connectivity index (χ0v) is 15.7. The van der Waals surface area contributed by atoms with Gasteiger partial charge in [0, 0.05) is 12.1 Å². The molecule has 2 aromatic carbocycles. The van der Waals surface area contributed by atoms with Crippen LogP contribution in [0.4, 0.5) is 10.1 Å². The molecule has 1 saturated heterocycles. The third-order valence-electron chi connectivity index (χ3n) is 4.66. The Morgan fingerprint density at radius 3 is 2.58 bits per heavy atom. The number of anilines is 1. The molecule has 1 aliphatic heterocycles. The van der Waals surface area contributed by atoms with Crippen molar-refractivity contribution in [2.24, 2.45) is 0 Å². The predicted octanol–water partition coefficient (Wildman–Crippen LogP) is 3.96. The van der Waals surface area contributed by atoms with Crippen molar-refractivity contribution in [3.8, 4) is 5.75 Å². The van der Waals surface area contributed by atoms with Crippen molar-refractivity contribution in [3.63, 3.8) is 0 Å². The molecule has 0 amide bonds. The van der Waals surface area contributed by atoms with E-state index in [1.54, 1.807) is 25.3 Å². The summed E-state index contributed by atoms with van der Waals surface area (Å²) in [6, 6.07) is 14.7. The molecule has 0 radical (unpaired) electrons. The second-order valence-electron chi connectivity index (χ2n) is 6.32. The monoisotopic (exact) mass is 373 g/mol. The number of thiocarbonyl (C=S) groups is 1. The number of halogens is 1. The molecule has 1 unspecified atom stereocenters. The number of likely N-dealkylation sites (tertiary alicyclic amines) is 1. The molecule has 0 saturated carbocycles. The van der Waals surface area contributed by atoms with E-state index in [4.69, 9.17) is 17.0 Å². The van der Waals surface area contributed by atoms with Gasteiger partial charge in [-0.25, -0.2) is 4.39 Å². The summed E-state index contributed by atoms with van der Waals surface area (Å²) in [6.45, 7) is 2.73. The van der Waals surface area contributed by atoms with Crippen LogP contribution >= 0.6 is 12.2 Å². The Labute approximate surface area is 159 Å². The van der Waals surface area contributed by atoms with Crippen LogP contribution in [0.1, 0.15) is 24.4 Å². The lowest BCUT2D eigenvalue weighted by atomic mass is 10.0. The number of rotatable bonds is 6. The normalized spacial score (nSPS) is 15.5. The van der Waals surface area contributed by atoms with Crippen LogP contribution in [-0.4, -0.2) is 36.8 Å². The molecule has 4 nitrogen and oxygen atoms in total. The Kier molecular flexibility index (Phi) is 6.41. The first kappa shape index (κ1) is 18.6. The van der Waals surface area contributed by atoms with Crippen LogP contribution in [0.2, 0.25) is 0 Å². The number of methoxy groups -OCH3 is 1. The predicted molar refractivity (Wildman–Crippen MR) is 107 cm³/mol. The van der Waals surface area contributed by atoms with E-state index in [1.807, 2.05) is 18.2 Å².